The second-order valence-electron chi connectivity index (χ2n) is 5.20. The van der Waals surface area contributed by atoms with Gasteiger partial charge in [-0.2, -0.15) is 5.10 Å². The molecule has 0 aliphatic carbocycles. The second-order valence-corrected chi connectivity index (χ2v) is 6.76. The van der Waals surface area contributed by atoms with Crippen LogP contribution in [0.3, 0.4) is 0 Å². The molecular weight excluding hydrogens is 392 g/mol. The van der Waals surface area contributed by atoms with Gasteiger partial charge in [0.25, 0.3) is 0 Å². The van der Waals surface area contributed by atoms with Crippen molar-refractivity contribution in [2.24, 2.45) is 7.05 Å². The summed E-state index contributed by atoms with van der Waals surface area (Å²) in [4.78, 5) is 0. The lowest BCUT2D eigenvalue weighted by molar-refractivity contribution is 0.712. The fourth-order valence-electron chi connectivity index (χ4n) is 2.69. The van der Waals surface area contributed by atoms with Crippen LogP contribution in [0.2, 0.25) is 0 Å². The van der Waals surface area contributed by atoms with Crippen LogP contribution in [-0.4, -0.2) is 15.1 Å². The highest BCUT2D eigenvalue weighted by molar-refractivity contribution is 9.10. The first-order chi connectivity index (χ1) is 10.2. The zero-order valence-electron chi connectivity index (χ0n) is 11.8. The molecule has 1 atom stereocenters. The molecule has 0 saturated heterocycles. The van der Waals surface area contributed by atoms with Gasteiger partial charge in [0.15, 0.2) is 0 Å². The van der Waals surface area contributed by atoms with Crippen molar-refractivity contribution in [3.63, 3.8) is 0 Å². The van der Waals surface area contributed by atoms with Gasteiger partial charge in [0.1, 0.15) is 0 Å². The normalized spacial score (nSPS) is 12.7. The monoisotopic (exact) mass is 406 g/mol. The zero-order chi connectivity index (χ0) is 14.8. The summed E-state index contributed by atoms with van der Waals surface area (Å²) in [6.07, 6.45) is 0.934. The topological polar surface area (TPSA) is 17.8 Å². The molecule has 0 spiro atoms. The fourth-order valence-corrected chi connectivity index (χ4v) is 3.71. The molecule has 0 aliphatic heterocycles. The van der Waals surface area contributed by atoms with Crippen LogP contribution in [0.5, 0.6) is 0 Å². The average Bonchev–Trinajstić information content (AvgIpc) is 2.82. The molecule has 21 heavy (non-hydrogen) atoms. The third kappa shape index (κ3) is 3.06. The Labute approximate surface area is 141 Å². The minimum Gasteiger partial charge on any atom is -0.268 e. The van der Waals surface area contributed by atoms with Gasteiger partial charge in [-0.25, -0.2) is 0 Å². The van der Waals surface area contributed by atoms with E-state index in [1.807, 2.05) is 11.7 Å². The Kier molecular flexibility index (Phi) is 4.45. The van der Waals surface area contributed by atoms with Crippen molar-refractivity contribution in [1.82, 2.24) is 9.78 Å². The number of aryl methyl sites for hydroxylation is 1. The molecule has 3 rings (SSSR count). The van der Waals surface area contributed by atoms with Gasteiger partial charge in [0, 0.05) is 22.2 Å². The zero-order valence-corrected chi connectivity index (χ0v) is 14.9. The number of fused-ring (bicyclic) bond motifs is 1. The van der Waals surface area contributed by atoms with E-state index in [1.54, 1.807) is 0 Å². The number of hydrogen-bond donors (Lipinski definition) is 0. The van der Waals surface area contributed by atoms with E-state index in [4.69, 9.17) is 5.10 Å². The van der Waals surface area contributed by atoms with Crippen LogP contribution in [-0.2, 0) is 13.5 Å². The van der Waals surface area contributed by atoms with E-state index >= 15 is 0 Å². The molecular formula is C17H16Br2N2. The predicted octanol–water partition coefficient (Wildman–Crippen LogP) is 5.06. The maximum atomic E-state index is 4.71. The summed E-state index contributed by atoms with van der Waals surface area (Å²) in [5, 5.41) is 6.89. The van der Waals surface area contributed by atoms with Gasteiger partial charge in [0.05, 0.1) is 11.2 Å². The number of halogens is 2. The Balaban J connectivity index is 1.96. The summed E-state index contributed by atoms with van der Waals surface area (Å²) < 4.78 is 3.09. The van der Waals surface area contributed by atoms with Crippen molar-refractivity contribution in [1.29, 1.82) is 0 Å². The highest BCUT2D eigenvalue weighted by Crippen LogP contribution is 2.28. The van der Waals surface area contributed by atoms with Gasteiger partial charge in [-0.1, -0.05) is 62.2 Å². The molecule has 0 amide bonds. The second kappa shape index (κ2) is 6.32. The summed E-state index contributed by atoms with van der Waals surface area (Å²) in [6.45, 7) is 0. The molecule has 1 heterocycles. The van der Waals surface area contributed by atoms with E-state index < -0.39 is 0 Å². The van der Waals surface area contributed by atoms with Crippen molar-refractivity contribution >= 4 is 42.8 Å². The first-order valence-corrected chi connectivity index (χ1v) is 8.82. The van der Waals surface area contributed by atoms with E-state index in [-0.39, 0.29) is 0 Å². The summed E-state index contributed by atoms with van der Waals surface area (Å²) in [7, 11) is 2.01. The molecule has 0 radical (unpaired) electrons. The standard InChI is InChI=1S/C17H16Br2N2/c1-21-17-8-3-2-7-15(17)16(20-21)10-13(11-18)12-5-4-6-14(19)9-12/h2-9,13H,10-11H2,1H3. The molecule has 1 aromatic heterocycles. The molecule has 0 fully saturated rings. The SMILES string of the molecule is Cn1nc(CC(CBr)c2cccc(Br)c2)c2ccccc21. The van der Waals surface area contributed by atoms with Crippen LogP contribution < -0.4 is 0 Å². The van der Waals surface area contributed by atoms with Crippen LogP contribution in [0.15, 0.2) is 53.0 Å². The number of aromatic nitrogens is 2. The first kappa shape index (κ1) is 14.8. The maximum absolute atomic E-state index is 4.71. The van der Waals surface area contributed by atoms with E-state index in [9.17, 15) is 0 Å². The Morgan fingerprint density at radius 2 is 1.95 bits per heavy atom. The number of nitrogens with zero attached hydrogens (tertiary/aromatic N) is 2. The smallest absolute Gasteiger partial charge is 0.0709 e. The first-order valence-electron chi connectivity index (χ1n) is 6.91. The lowest BCUT2D eigenvalue weighted by Crippen LogP contribution is -2.05. The van der Waals surface area contributed by atoms with Crippen molar-refractivity contribution in [2.45, 2.75) is 12.3 Å². The number of hydrogen-bond acceptors (Lipinski definition) is 1. The Bertz CT molecular complexity index is 764. The van der Waals surface area contributed by atoms with E-state index in [0.717, 1.165) is 21.9 Å². The molecule has 0 saturated carbocycles. The van der Waals surface area contributed by atoms with Crippen molar-refractivity contribution in [2.75, 3.05) is 5.33 Å². The van der Waals surface area contributed by atoms with Crippen LogP contribution in [0.25, 0.3) is 10.9 Å². The highest BCUT2D eigenvalue weighted by Gasteiger charge is 2.16. The molecule has 0 N–H and O–H groups in total. The van der Waals surface area contributed by atoms with Gasteiger partial charge in [-0.15, -0.1) is 0 Å². The number of alkyl halides is 1. The maximum Gasteiger partial charge on any atom is 0.0709 e. The van der Waals surface area contributed by atoms with Gasteiger partial charge >= 0.3 is 0 Å². The predicted molar refractivity (Wildman–Crippen MR) is 95.1 cm³/mol. The van der Waals surface area contributed by atoms with Crippen LogP contribution >= 0.6 is 31.9 Å². The fraction of sp³-hybridized carbons (Fsp3) is 0.235. The third-order valence-electron chi connectivity index (χ3n) is 3.78. The molecule has 3 aromatic rings. The van der Waals surface area contributed by atoms with E-state index in [0.29, 0.717) is 5.92 Å². The molecule has 108 valence electrons. The molecule has 2 nitrogen and oxygen atoms in total. The molecule has 0 bridgehead atoms. The number of benzene rings is 2. The minimum absolute atomic E-state index is 0.417. The Morgan fingerprint density at radius 1 is 1.14 bits per heavy atom. The Hall–Kier alpha value is -1.13. The molecule has 4 heteroatoms. The Morgan fingerprint density at radius 3 is 2.71 bits per heavy atom. The summed E-state index contributed by atoms with van der Waals surface area (Å²) in [5.41, 5.74) is 3.68. The minimum atomic E-state index is 0.417. The van der Waals surface area contributed by atoms with Crippen LogP contribution in [0.4, 0.5) is 0 Å². The summed E-state index contributed by atoms with van der Waals surface area (Å²) >= 11 is 7.21. The van der Waals surface area contributed by atoms with Gasteiger partial charge in [-0.05, 0) is 36.1 Å². The van der Waals surface area contributed by atoms with E-state index in [2.05, 4.69) is 80.4 Å². The van der Waals surface area contributed by atoms with Crippen molar-refractivity contribution < 1.29 is 0 Å². The lowest BCUT2D eigenvalue weighted by atomic mass is 9.95. The quantitative estimate of drug-likeness (QED) is 0.553. The summed E-state index contributed by atoms with van der Waals surface area (Å²) in [6, 6.07) is 16.9. The summed E-state index contributed by atoms with van der Waals surface area (Å²) in [5.74, 6) is 0.417. The highest BCUT2D eigenvalue weighted by atomic mass is 79.9. The average molecular weight is 408 g/mol. The van der Waals surface area contributed by atoms with Crippen LogP contribution in [0.1, 0.15) is 17.2 Å². The number of para-hydroxylation sites is 1. The van der Waals surface area contributed by atoms with Gasteiger partial charge in [-0.3, -0.25) is 4.68 Å². The molecule has 1 unspecified atom stereocenters. The van der Waals surface area contributed by atoms with Gasteiger partial charge < -0.3 is 0 Å². The number of rotatable bonds is 4. The molecule has 0 aliphatic rings. The van der Waals surface area contributed by atoms with Crippen LogP contribution in [0, 0.1) is 0 Å². The van der Waals surface area contributed by atoms with Crippen molar-refractivity contribution in [3.05, 3.63) is 64.3 Å². The third-order valence-corrected chi connectivity index (χ3v) is 5.06. The molecule has 2 aromatic carbocycles. The lowest BCUT2D eigenvalue weighted by Gasteiger charge is -2.13. The van der Waals surface area contributed by atoms with Crippen molar-refractivity contribution in [3.8, 4) is 0 Å². The largest absolute Gasteiger partial charge is 0.268 e. The van der Waals surface area contributed by atoms with Gasteiger partial charge in [0.2, 0.25) is 0 Å². The van der Waals surface area contributed by atoms with E-state index in [1.165, 1.54) is 16.5 Å².